The van der Waals surface area contributed by atoms with Crippen molar-refractivity contribution in [3.05, 3.63) is 0 Å². The molecule has 0 aromatic rings. The van der Waals surface area contributed by atoms with Gasteiger partial charge in [0.15, 0.2) is 0 Å². The SMILES string of the molecule is [Co].[Cr].[Ni].[O]=[Cr]. The first-order chi connectivity index (χ1) is 1.00. The molecule has 0 aliphatic carbocycles. The monoisotopic (exact) mass is 237 g/mol. The van der Waals surface area contributed by atoms with Crippen LogP contribution in [-0.2, 0) is 70.7 Å². The molecule has 0 aliphatic heterocycles. The van der Waals surface area contributed by atoms with Crippen molar-refractivity contribution in [1.82, 2.24) is 0 Å². The van der Waals surface area contributed by atoms with Gasteiger partial charge in [0.05, 0.1) is 0 Å². The summed E-state index contributed by atoms with van der Waals surface area (Å²) in [6.07, 6.45) is 0. The van der Waals surface area contributed by atoms with Crippen LogP contribution in [0.2, 0.25) is 0 Å². The molecule has 0 heterocycles. The molecule has 0 atom stereocenters. The zero-order valence-corrected chi connectivity index (χ0v) is 6.45. The van der Waals surface area contributed by atoms with E-state index in [9.17, 15) is 0 Å². The van der Waals surface area contributed by atoms with Gasteiger partial charge in [0.1, 0.15) is 0 Å². The van der Waals surface area contributed by atoms with Gasteiger partial charge < -0.3 is 0 Å². The van der Waals surface area contributed by atoms with Gasteiger partial charge in [0.25, 0.3) is 0 Å². The normalized spacial score (nSPS) is 0.800. The summed E-state index contributed by atoms with van der Waals surface area (Å²) < 4.78 is 8.12. The third-order valence-corrected chi connectivity index (χ3v) is 0. The van der Waals surface area contributed by atoms with Gasteiger partial charge in [-0.15, -0.1) is 0 Å². The van der Waals surface area contributed by atoms with E-state index in [0.717, 1.165) is 0 Å². The maximum absolute atomic E-state index is 8.12. The van der Waals surface area contributed by atoms with Crippen molar-refractivity contribution in [3.8, 4) is 0 Å². The van der Waals surface area contributed by atoms with E-state index in [1.165, 1.54) is 16.2 Å². The van der Waals surface area contributed by atoms with Crippen LogP contribution in [0.5, 0.6) is 0 Å². The summed E-state index contributed by atoms with van der Waals surface area (Å²) in [5.74, 6) is 0. The van der Waals surface area contributed by atoms with Crippen molar-refractivity contribution in [2.24, 2.45) is 0 Å². The summed E-state index contributed by atoms with van der Waals surface area (Å²) in [4.78, 5) is 0. The molecular weight excluding hydrogens is 238 g/mol. The summed E-state index contributed by atoms with van der Waals surface area (Å²) in [7, 11) is 0. The number of rotatable bonds is 0. The first kappa shape index (κ1) is 28.8. The molecule has 0 aromatic carbocycles. The molecule has 0 unspecified atom stereocenters. The Kier molecular flexibility index (Phi) is 230. The minimum atomic E-state index is 0. The van der Waals surface area contributed by atoms with Crippen LogP contribution < -0.4 is 0 Å². The number of hydrogen-bond donors (Lipinski definition) is 0. The molecule has 5 heavy (non-hydrogen) atoms. The fourth-order valence-corrected chi connectivity index (χ4v) is 0. The van der Waals surface area contributed by atoms with Gasteiger partial charge >= 0.3 is 20.0 Å². The van der Waals surface area contributed by atoms with E-state index >= 15 is 0 Å². The molecule has 5 heteroatoms. The zero-order valence-electron chi connectivity index (χ0n) is 1.87. The minimum absolute atomic E-state index is 0. The van der Waals surface area contributed by atoms with Crippen molar-refractivity contribution in [1.29, 1.82) is 0 Å². The molecule has 0 spiro atoms. The van der Waals surface area contributed by atoms with E-state index in [0.29, 0.717) is 0 Å². The average Bonchev–Trinajstić information content (AvgIpc) is 1.00. The van der Waals surface area contributed by atoms with Gasteiger partial charge in [0, 0.05) is 50.6 Å². The quantitative estimate of drug-likeness (QED) is 0.537. The molecule has 0 amide bonds. The molecule has 0 N–H and O–H groups in total. The molecule has 37 valence electrons. The van der Waals surface area contributed by atoms with Crippen molar-refractivity contribution >= 4 is 0 Å². The third kappa shape index (κ3) is 25.2. The van der Waals surface area contributed by atoms with E-state index in [-0.39, 0.29) is 50.6 Å². The van der Waals surface area contributed by atoms with Crippen LogP contribution in [0.1, 0.15) is 0 Å². The number of hydrogen-bond acceptors (Lipinski definition) is 1. The third-order valence-electron chi connectivity index (χ3n) is 0. The summed E-state index contributed by atoms with van der Waals surface area (Å²) >= 11 is 1.38. The van der Waals surface area contributed by atoms with Gasteiger partial charge in [-0.25, -0.2) is 0 Å². The van der Waals surface area contributed by atoms with Gasteiger partial charge in [-0.2, -0.15) is 0 Å². The molecule has 0 saturated carbocycles. The van der Waals surface area contributed by atoms with E-state index < -0.39 is 0 Å². The molecule has 0 saturated heterocycles. The first-order valence-electron chi connectivity index (χ1n) is 0.167. The maximum atomic E-state index is 8.12. The van der Waals surface area contributed by atoms with Crippen molar-refractivity contribution in [3.63, 3.8) is 0 Å². The zero-order chi connectivity index (χ0) is 2.00. The van der Waals surface area contributed by atoms with Crippen LogP contribution >= 0.6 is 0 Å². The van der Waals surface area contributed by atoms with Crippen LogP contribution in [-0.4, -0.2) is 0 Å². The summed E-state index contributed by atoms with van der Waals surface area (Å²) in [5, 5.41) is 0. The fraction of sp³-hybridized carbons (Fsp3) is 0. The van der Waals surface area contributed by atoms with Gasteiger partial charge in [-0.05, 0) is 0 Å². The Morgan fingerprint density at radius 3 is 1.20 bits per heavy atom. The van der Waals surface area contributed by atoms with Crippen LogP contribution in [0.3, 0.4) is 0 Å². The Balaban J connectivity index is -0.00000000167. The predicted molar refractivity (Wildman–Crippen MR) is 0.686 cm³/mol. The Morgan fingerprint density at radius 1 is 1.20 bits per heavy atom. The standard InChI is InChI=1S/Co.2Cr.Ni.O. The second kappa shape index (κ2) is 39.9. The summed E-state index contributed by atoms with van der Waals surface area (Å²) in [6.45, 7) is 0. The van der Waals surface area contributed by atoms with E-state index in [2.05, 4.69) is 0 Å². The van der Waals surface area contributed by atoms with Crippen molar-refractivity contribution in [2.75, 3.05) is 0 Å². The molecule has 1 radical (unpaired) electrons. The van der Waals surface area contributed by atoms with Gasteiger partial charge in [-0.3, -0.25) is 0 Å². The molecule has 0 aromatic heterocycles. The second-order valence-electron chi connectivity index (χ2n) is 0. The topological polar surface area (TPSA) is 17.1 Å². The first-order valence-corrected chi connectivity index (χ1v) is 0.687. The Bertz CT molecular complexity index is 9.61. The van der Waals surface area contributed by atoms with E-state index in [1.54, 1.807) is 0 Å². The van der Waals surface area contributed by atoms with Gasteiger partial charge in [0.2, 0.25) is 0 Å². The summed E-state index contributed by atoms with van der Waals surface area (Å²) in [5.41, 5.74) is 0. The Morgan fingerprint density at radius 2 is 1.20 bits per heavy atom. The van der Waals surface area contributed by atoms with Crippen LogP contribution in [0.4, 0.5) is 0 Å². The van der Waals surface area contributed by atoms with E-state index in [1.807, 2.05) is 0 Å². The predicted octanol–water partition coefficient (Wildman–Crippen LogP) is -0.129. The fourth-order valence-electron chi connectivity index (χ4n) is 0. The van der Waals surface area contributed by atoms with Crippen molar-refractivity contribution < 1.29 is 70.7 Å². The van der Waals surface area contributed by atoms with Crippen LogP contribution in [0, 0.1) is 0 Å². The molecule has 0 fully saturated rings. The molecule has 0 aliphatic rings. The summed E-state index contributed by atoms with van der Waals surface area (Å²) in [6, 6.07) is 0. The van der Waals surface area contributed by atoms with Gasteiger partial charge in [-0.1, -0.05) is 0 Å². The van der Waals surface area contributed by atoms with Crippen LogP contribution in [0.25, 0.3) is 0 Å². The van der Waals surface area contributed by atoms with E-state index in [4.69, 9.17) is 3.80 Å². The van der Waals surface area contributed by atoms with Crippen LogP contribution in [0.15, 0.2) is 0 Å². The molecule has 0 rings (SSSR count). The Hall–Kier alpha value is 1.86. The molecule has 0 bridgehead atoms. The second-order valence-corrected chi connectivity index (χ2v) is 0. The Labute approximate surface area is 70.2 Å². The molecule has 1 nitrogen and oxygen atoms in total. The average molecular weight is 238 g/mol. The van der Waals surface area contributed by atoms with Crippen molar-refractivity contribution in [2.45, 2.75) is 0 Å². The molecular formula is CoCr2NiO.